The van der Waals surface area contributed by atoms with E-state index >= 15 is 0 Å². The standard InChI is InChI=1S/C21H31N3O2S/c1-15(18-4-3-7-22-14-18)13-20(25)23-19-6-5-17(12-16(19)2)21(26)24-8-10-27-11-9-24/h5-6,12,15,18,22H,3-4,7-11,13-14H2,1-2H3,(H,23,25). The highest BCUT2D eigenvalue weighted by Crippen LogP contribution is 2.24. The first-order valence-electron chi connectivity index (χ1n) is 10.0. The molecule has 148 valence electrons. The lowest BCUT2D eigenvalue weighted by molar-refractivity contribution is -0.117. The number of hydrogen-bond acceptors (Lipinski definition) is 4. The van der Waals surface area contributed by atoms with E-state index in [4.69, 9.17) is 0 Å². The zero-order valence-corrected chi connectivity index (χ0v) is 17.2. The van der Waals surface area contributed by atoms with Gasteiger partial charge in [0, 0.05) is 42.3 Å². The minimum absolute atomic E-state index is 0.0586. The Kier molecular flexibility index (Phi) is 7.19. The van der Waals surface area contributed by atoms with Gasteiger partial charge < -0.3 is 15.5 Å². The number of rotatable bonds is 5. The molecule has 2 atom stereocenters. The summed E-state index contributed by atoms with van der Waals surface area (Å²) in [6, 6.07) is 5.60. The van der Waals surface area contributed by atoms with Crippen molar-refractivity contribution in [2.45, 2.75) is 33.1 Å². The van der Waals surface area contributed by atoms with E-state index in [0.717, 1.165) is 48.9 Å². The van der Waals surface area contributed by atoms with E-state index in [-0.39, 0.29) is 11.8 Å². The lowest BCUT2D eigenvalue weighted by Crippen LogP contribution is -2.37. The Hall–Kier alpha value is -1.53. The fraction of sp³-hybridized carbons (Fsp3) is 0.619. The van der Waals surface area contributed by atoms with E-state index < -0.39 is 0 Å². The highest BCUT2D eigenvalue weighted by atomic mass is 32.2. The van der Waals surface area contributed by atoms with E-state index in [1.54, 1.807) is 0 Å². The van der Waals surface area contributed by atoms with Crippen LogP contribution in [0.5, 0.6) is 0 Å². The van der Waals surface area contributed by atoms with Crippen LogP contribution in [0.2, 0.25) is 0 Å². The fourth-order valence-electron chi connectivity index (χ4n) is 3.91. The monoisotopic (exact) mass is 389 g/mol. The molecular formula is C21H31N3O2S. The maximum Gasteiger partial charge on any atom is 0.253 e. The number of carbonyl (C=O) groups is 2. The van der Waals surface area contributed by atoms with E-state index in [1.165, 1.54) is 12.8 Å². The van der Waals surface area contributed by atoms with Crippen molar-refractivity contribution in [2.24, 2.45) is 11.8 Å². The lowest BCUT2D eigenvalue weighted by Gasteiger charge is -2.28. The van der Waals surface area contributed by atoms with E-state index in [2.05, 4.69) is 17.6 Å². The van der Waals surface area contributed by atoms with Gasteiger partial charge in [0.1, 0.15) is 0 Å². The van der Waals surface area contributed by atoms with Crippen LogP contribution in [0, 0.1) is 18.8 Å². The van der Waals surface area contributed by atoms with Gasteiger partial charge in [-0.15, -0.1) is 0 Å². The molecule has 2 saturated heterocycles. The SMILES string of the molecule is Cc1cc(C(=O)N2CCSCC2)ccc1NC(=O)CC(C)C1CCCNC1. The van der Waals surface area contributed by atoms with E-state index in [9.17, 15) is 9.59 Å². The van der Waals surface area contributed by atoms with Crippen LogP contribution >= 0.6 is 11.8 Å². The fourth-order valence-corrected chi connectivity index (χ4v) is 4.81. The highest BCUT2D eigenvalue weighted by Gasteiger charge is 2.23. The average molecular weight is 390 g/mol. The highest BCUT2D eigenvalue weighted by molar-refractivity contribution is 7.99. The molecule has 0 saturated carbocycles. The Morgan fingerprint density at radius 1 is 1.33 bits per heavy atom. The average Bonchev–Trinajstić information content (AvgIpc) is 2.70. The molecule has 0 aliphatic carbocycles. The van der Waals surface area contributed by atoms with Crippen molar-refractivity contribution < 1.29 is 9.59 Å². The summed E-state index contributed by atoms with van der Waals surface area (Å²) in [5.41, 5.74) is 2.45. The molecule has 1 aromatic carbocycles. The third kappa shape index (κ3) is 5.48. The van der Waals surface area contributed by atoms with Gasteiger partial charge in [0.2, 0.25) is 5.91 Å². The number of aryl methyl sites for hydroxylation is 1. The van der Waals surface area contributed by atoms with Gasteiger partial charge in [-0.3, -0.25) is 9.59 Å². The predicted molar refractivity (Wildman–Crippen MR) is 112 cm³/mol. The third-order valence-electron chi connectivity index (χ3n) is 5.69. The van der Waals surface area contributed by atoms with Crippen molar-refractivity contribution in [2.75, 3.05) is 43.0 Å². The Morgan fingerprint density at radius 2 is 2.11 bits per heavy atom. The number of amides is 2. The number of nitrogens with zero attached hydrogens (tertiary/aromatic N) is 1. The molecule has 2 aliphatic heterocycles. The summed E-state index contributed by atoms with van der Waals surface area (Å²) >= 11 is 1.89. The van der Waals surface area contributed by atoms with Gasteiger partial charge in [0.15, 0.2) is 0 Å². The van der Waals surface area contributed by atoms with E-state index in [0.29, 0.717) is 23.8 Å². The van der Waals surface area contributed by atoms with Crippen molar-refractivity contribution in [3.05, 3.63) is 29.3 Å². The number of anilines is 1. The van der Waals surface area contributed by atoms with E-state index in [1.807, 2.05) is 41.8 Å². The molecule has 2 fully saturated rings. The van der Waals surface area contributed by atoms with Gasteiger partial charge in [0.05, 0.1) is 0 Å². The maximum atomic E-state index is 12.6. The van der Waals surface area contributed by atoms with Crippen LogP contribution in [0.4, 0.5) is 5.69 Å². The van der Waals surface area contributed by atoms with Gasteiger partial charge >= 0.3 is 0 Å². The van der Waals surface area contributed by atoms with Crippen LogP contribution in [0.25, 0.3) is 0 Å². The van der Waals surface area contributed by atoms with Crippen molar-refractivity contribution in [3.63, 3.8) is 0 Å². The molecule has 3 rings (SSSR count). The van der Waals surface area contributed by atoms with Gasteiger partial charge in [0.25, 0.3) is 5.91 Å². The van der Waals surface area contributed by atoms with Crippen LogP contribution in [0.15, 0.2) is 18.2 Å². The van der Waals surface area contributed by atoms with Crippen molar-refractivity contribution in [1.82, 2.24) is 10.2 Å². The molecule has 0 radical (unpaired) electrons. The van der Waals surface area contributed by atoms with Crippen molar-refractivity contribution >= 4 is 29.3 Å². The second-order valence-electron chi connectivity index (χ2n) is 7.77. The van der Waals surface area contributed by atoms with Gasteiger partial charge in [-0.2, -0.15) is 11.8 Å². The molecule has 1 aromatic rings. The number of carbonyl (C=O) groups excluding carboxylic acids is 2. The summed E-state index contributed by atoms with van der Waals surface area (Å²) in [5, 5.41) is 6.46. The molecule has 0 bridgehead atoms. The molecule has 0 aromatic heterocycles. The van der Waals surface area contributed by atoms with Gasteiger partial charge in [-0.1, -0.05) is 6.92 Å². The molecule has 2 N–H and O–H groups in total. The summed E-state index contributed by atoms with van der Waals surface area (Å²) in [6.45, 7) is 7.86. The van der Waals surface area contributed by atoms with Gasteiger partial charge in [-0.05, 0) is 68.5 Å². The molecule has 0 spiro atoms. The lowest BCUT2D eigenvalue weighted by atomic mass is 9.85. The summed E-state index contributed by atoms with van der Waals surface area (Å²) in [5.74, 6) is 3.11. The van der Waals surface area contributed by atoms with Crippen LogP contribution in [-0.2, 0) is 4.79 Å². The predicted octanol–water partition coefficient (Wildman–Crippen LogP) is 3.15. The molecule has 2 amide bonds. The molecule has 2 heterocycles. The molecule has 6 heteroatoms. The van der Waals surface area contributed by atoms with Crippen molar-refractivity contribution in [1.29, 1.82) is 0 Å². The molecule has 2 unspecified atom stereocenters. The summed E-state index contributed by atoms with van der Waals surface area (Å²) in [4.78, 5) is 27.0. The smallest absolute Gasteiger partial charge is 0.253 e. The topological polar surface area (TPSA) is 61.4 Å². The van der Waals surface area contributed by atoms with Crippen molar-refractivity contribution in [3.8, 4) is 0 Å². The number of piperidine rings is 1. The number of thioether (sulfide) groups is 1. The second kappa shape index (κ2) is 9.60. The van der Waals surface area contributed by atoms with Gasteiger partial charge in [-0.25, -0.2) is 0 Å². The number of benzene rings is 1. The molecule has 5 nitrogen and oxygen atoms in total. The molecular weight excluding hydrogens is 358 g/mol. The third-order valence-corrected chi connectivity index (χ3v) is 6.64. The first-order valence-corrected chi connectivity index (χ1v) is 11.2. The Bertz CT molecular complexity index is 667. The summed E-state index contributed by atoms with van der Waals surface area (Å²) < 4.78 is 0. The minimum atomic E-state index is 0.0586. The Labute approximate surface area is 166 Å². The zero-order chi connectivity index (χ0) is 19.2. The first-order chi connectivity index (χ1) is 13.0. The van der Waals surface area contributed by atoms with Crippen LogP contribution < -0.4 is 10.6 Å². The van der Waals surface area contributed by atoms with Crippen LogP contribution in [0.3, 0.4) is 0 Å². The largest absolute Gasteiger partial charge is 0.337 e. The quantitative estimate of drug-likeness (QED) is 0.812. The summed E-state index contributed by atoms with van der Waals surface area (Å²) in [7, 11) is 0. The molecule has 2 aliphatic rings. The Morgan fingerprint density at radius 3 is 2.78 bits per heavy atom. The van der Waals surface area contributed by atoms with Crippen LogP contribution in [0.1, 0.15) is 42.1 Å². The summed E-state index contributed by atoms with van der Waals surface area (Å²) in [6.07, 6.45) is 2.94. The first kappa shape index (κ1) is 20.2. The van der Waals surface area contributed by atoms with Crippen LogP contribution in [-0.4, -0.2) is 54.4 Å². The normalized spacial score (nSPS) is 21.6. The zero-order valence-electron chi connectivity index (χ0n) is 16.4. The number of nitrogens with one attached hydrogen (secondary N) is 2. The minimum Gasteiger partial charge on any atom is -0.337 e. The Balaban J connectivity index is 1.56. The maximum absolute atomic E-state index is 12.6. The second-order valence-corrected chi connectivity index (χ2v) is 9.00. The number of hydrogen-bond donors (Lipinski definition) is 2. The molecule has 27 heavy (non-hydrogen) atoms.